The van der Waals surface area contributed by atoms with E-state index in [2.05, 4.69) is 37.5 Å². The van der Waals surface area contributed by atoms with Gasteiger partial charge >= 0.3 is 0 Å². The quantitative estimate of drug-likeness (QED) is 0.323. The zero-order chi connectivity index (χ0) is 23.7. The molecule has 3 atom stereocenters. The van der Waals surface area contributed by atoms with E-state index >= 15 is 0 Å². The zero-order valence-corrected chi connectivity index (χ0v) is 19.7. The number of fused-ring (bicyclic) bond motifs is 2. The average molecular weight is 468 g/mol. The van der Waals surface area contributed by atoms with Crippen molar-refractivity contribution in [2.45, 2.75) is 57.4 Å². The summed E-state index contributed by atoms with van der Waals surface area (Å²) in [5.41, 5.74) is 9.32. The first-order valence-corrected chi connectivity index (χ1v) is 11.9. The van der Waals surface area contributed by atoms with Gasteiger partial charge in [0.1, 0.15) is 16.8 Å². The molecule has 11 heteroatoms. The molecule has 0 aliphatic carbocycles. The highest BCUT2D eigenvalue weighted by Gasteiger charge is 2.45. The molecule has 0 aromatic carbocycles. The van der Waals surface area contributed by atoms with Gasteiger partial charge in [-0.2, -0.15) is 10.1 Å². The molecule has 2 fully saturated rings. The predicted octanol–water partition coefficient (Wildman–Crippen LogP) is 0.979. The van der Waals surface area contributed by atoms with Crippen molar-refractivity contribution in [2.75, 3.05) is 37.9 Å². The molecular weight excluding hydrogens is 434 g/mol. The Labute approximate surface area is 198 Å². The van der Waals surface area contributed by atoms with Crippen LogP contribution in [0.4, 0.5) is 11.8 Å². The Kier molecular flexibility index (Phi) is 6.48. The van der Waals surface area contributed by atoms with Crippen LogP contribution in [0.3, 0.4) is 0 Å². The molecule has 0 bridgehead atoms. The van der Waals surface area contributed by atoms with Crippen molar-refractivity contribution in [1.82, 2.24) is 34.9 Å². The SMILES string of the molecule is CCC[C@@H](CCO)Nc1nc(N)nc2cnn(Cc3cnc(CN4C[C@H]5NCC54)cc3OC)c12. The number of aliphatic hydroxyl groups is 1. The predicted molar refractivity (Wildman–Crippen MR) is 130 cm³/mol. The minimum Gasteiger partial charge on any atom is -0.496 e. The van der Waals surface area contributed by atoms with Crippen LogP contribution in [0.25, 0.3) is 11.0 Å². The molecule has 2 aliphatic rings. The number of methoxy groups -OCH3 is 1. The second-order valence-electron chi connectivity index (χ2n) is 9.11. The molecule has 0 amide bonds. The van der Waals surface area contributed by atoms with E-state index < -0.39 is 0 Å². The van der Waals surface area contributed by atoms with Gasteiger partial charge in [-0.05, 0) is 12.8 Å². The van der Waals surface area contributed by atoms with Crippen LogP contribution in [0.2, 0.25) is 0 Å². The second kappa shape index (κ2) is 9.69. The van der Waals surface area contributed by atoms with E-state index in [1.54, 1.807) is 13.3 Å². The van der Waals surface area contributed by atoms with Gasteiger partial charge in [-0.1, -0.05) is 13.3 Å². The maximum absolute atomic E-state index is 9.46. The highest BCUT2D eigenvalue weighted by Crippen LogP contribution is 2.29. The zero-order valence-electron chi connectivity index (χ0n) is 19.7. The normalized spacial score (nSPS) is 20.4. The van der Waals surface area contributed by atoms with Gasteiger partial charge in [0.25, 0.3) is 0 Å². The van der Waals surface area contributed by atoms with Crippen LogP contribution >= 0.6 is 0 Å². The van der Waals surface area contributed by atoms with Gasteiger partial charge in [0.2, 0.25) is 5.95 Å². The largest absolute Gasteiger partial charge is 0.496 e. The number of nitrogens with zero attached hydrogens (tertiary/aromatic N) is 6. The lowest BCUT2D eigenvalue weighted by Crippen LogP contribution is -2.77. The number of piperazine rings is 1. The standard InChI is InChI=1S/C23H33N9O2/c1-3-4-15(5-6-33)28-22-21-17(29-23(24)30-22)9-27-32(21)11-14-8-25-16(7-20(14)34-2)12-31-13-18-19(31)10-26-18/h7-9,15,18-19,26,33H,3-6,10-13H2,1-2H3,(H3,24,28,29,30)/t15-,18+,19?/m0/s1. The van der Waals surface area contributed by atoms with Crippen LogP contribution in [0.15, 0.2) is 18.5 Å². The molecule has 2 aliphatic heterocycles. The number of nitrogens with one attached hydrogen (secondary N) is 2. The Balaban J connectivity index is 1.39. The van der Waals surface area contributed by atoms with E-state index in [0.717, 1.165) is 55.0 Å². The fraction of sp³-hybridized carbons (Fsp3) is 0.565. The third kappa shape index (κ3) is 4.38. The van der Waals surface area contributed by atoms with Crippen LogP contribution in [0, 0.1) is 0 Å². The Morgan fingerprint density at radius 1 is 1.29 bits per heavy atom. The van der Waals surface area contributed by atoms with E-state index in [-0.39, 0.29) is 18.6 Å². The van der Waals surface area contributed by atoms with E-state index in [0.29, 0.717) is 36.4 Å². The number of likely N-dealkylation sites (tertiary alicyclic amines) is 1. The minimum absolute atomic E-state index is 0.0818. The molecular formula is C23H33N9O2. The molecule has 11 nitrogen and oxygen atoms in total. The molecule has 3 aromatic rings. The third-order valence-corrected chi connectivity index (χ3v) is 6.82. The van der Waals surface area contributed by atoms with Crippen LogP contribution in [-0.4, -0.2) is 79.7 Å². The summed E-state index contributed by atoms with van der Waals surface area (Å²) < 4.78 is 7.56. The molecule has 182 valence electrons. The Morgan fingerprint density at radius 3 is 2.85 bits per heavy atom. The van der Waals surface area contributed by atoms with Crippen molar-refractivity contribution in [3.05, 3.63) is 29.7 Å². The molecule has 0 radical (unpaired) electrons. The topological polar surface area (TPSA) is 139 Å². The van der Waals surface area contributed by atoms with Crippen molar-refractivity contribution in [3.8, 4) is 5.75 Å². The van der Waals surface area contributed by atoms with Crippen LogP contribution < -0.4 is 21.1 Å². The summed E-state index contributed by atoms with van der Waals surface area (Å²) in [6.07, 6.45) is 6.09. The summed E-state index contributed by atoms with van der Waals surface area (Å²) in [7, 11) is 1.68. The smallest absolute Gasteiger partial charge is 0.222 e. The third-order valence-electron chi connectivity index (χ3n) is 6.82. The molecule has 5 heterocycles. The molecule has 0 spiro atoms. The molecule has 2 saturated heterocycles. The number of ether oxygens (including phenoxy) is 1. The molecule has 5 N–H and O–H groups in total. The van der Waals surface area contributed by atoms with E-state index in [4.69, 9.17) is 15.5 Å². The van der Waals surface area contributed by atoms with E-state index in [1.807, 2.05) is 16.9 Å². The molecule has 0 saturated carbocycles. The fourth-order valence-corrected chi connectivity index (χ4v) is 4.89. The van der Waals surface area contributed by atoms with Gasteiger partial charge in [-0.25, -0.2) is 4.98 Å². The van der Waals surface area contributed by atoms with Crippen molar-refractivity contribution in [1.29, 1.82) is 0 Å². The van der Waals surface area contributed by atoms with E-state index in [9.17, 15) is 5.11 Å². The van der Waals surface area contributed by atoms with Crippen molar-refractivity contribution in [3.63, 3.8) is 0 Å². The second-order valence-corrected chi connectivity index (χ2v) is 9.11. The Morgan fingerprint density at radius 2 is 2.18 bits per heavy atom. The Bertz CT molecular complexity index is 1140. The van der Waals surface area contributed by atoms with Gasteiger partial charge in [-0.15, -0.1) is 0 Å². The van der Waals surface area contributed by atoms with Gasteiger partial charge in [0.05, 0.1) is 25.5 Å². The lowest BCUT2D eigenvalue weighted by atomic mass is 9.88. The molecule has 5 rings (SSSR count). The van der Waals surface area contributed by atoms with Crippen molar-refractivity contribution < 1.29 is 9.84 Å². The highest BCUT2D eigenvalue weighted by atomic mass is 16.5. The Hall–Kier alpha value is -3.02. The molecule has 34 heavy (non-hydrogen) atoms. The summed E-state index contributed by atoms with van der Waals surface area (Å²) in [6.45, 7) is 5.64. The average Bonchev–Trinajstić information content (AvgIpc) is 3.20. The van der Waals surface area contributed by atoms with E-state index in [1.165, 1.54) is 0 Å². The maximum atomic E-state index is 9.46. The van der Waals surface area contributed by atoms with Gasteiger partial charge < -0.3 is 26.2 Å². The number of anilines is 2. The minimum atomic E-state index is 0.0818. The lowest BCUT2D eigenvalue weighted by Gasteiger charge is -2.56. The first kappa shape index (κ1) is 22.8. The van der Waals surface area contributed by atoms with Crippen LogP contribution in [0.5, 0.6) is 5.75 Å². The first-order chi connectivity index (χ1) is 16.6. The monoisotopic (exact) mass is 467 g/mol. The number of rotatable bonds is 11. The number of aromatic nitrogens is 5. The number of hydrogen-bond donors (Lipinski definition) is 4. The summed E-state index contributed by atoms with van der Waals surface area (Å²) in [6, 6.07) is 3.40. The summed E-state index contributed by atoms with van der Waals surface area (Å²) in [5, 5.41) is 20.9. The molecule has 3 aromatic heterocycles. The fourth-order valence-electron chi connectivity index (χ4n) is 4.89. The van der Waals surface area contributed by atoms with Crippen LogP contribution in [0.1, 0.15) is 37.4 Å². The summed E-state index contributed by atoms with van der Waals surface area (Å²) in [5.74, 6) is 1.59. The van der Waals surface area contributed by atoms with Crippen LogP contribution in [-0.2, 0) is 13.1 Å². The number of nitrogens with two attached hydrogens (primary N) is 1. The first-order valence-electron chi connectivity index (χ1n) is 11.9. The number of nitrogen functional groups attached to an aromatic ring is 1. The van der Waals surface area contributed by atoms with Gasteiger partial charge in [0, 0.05) is 62.2 Å². The molecule has 1 unspecified atom stereocenters. The van der Waals surface area contributed by atoms with Gasteiger partial charge in [0.15, 0.2) is 5.82 Å². The van der Waals surface area contributed by atoms with Crippen molar-refractivity contribution in [2.24, 2.45) is 0 Å². The maximum Gasteiger partial charge on any atom is 0.222 e. The lowest BCUT2D eigenvalue weighted by molar-refractivity contribution is -0.0245. The highest BCUT2D eigenvalue weighted by molar-refractivity contribution is 5.86. The summed E-state index contributed by atoms with van der Waals surface area (Å²) >= 11 is 0. The number of pyridine rings is 1. The number of aliphatic hydroxyl groups excluding tert-OH is 1. The number of hydrogen-bond acceptors (Lipinski definition) is 10. The van der Waals surface area contributed by atoms with Gasteiger partial charge in [-0.3, -0.25) is 14.6 Å². The summed E-state index contributed by atoms with van der Waals surface area (Å²) in [4.78, 5) is 16.0. The van der Waals surface area contributed by atoms with Crippen molar-refractivity contribution >= 4 is 22.8 Å².